The molecule has 6 nitrogen and oxygen atoms in total. The van der Waals surface area contributed by atoms with Crippen LogP contribution in [0.25, 0.3) is 11.4 Å². The van der Waals surface area contributed by atoms with E-state index < -0.39 is 0 Å². The van der Waals surface area contributed by atoms with Gasteiger partial charge in [0.15, 0.2) is 5.82 Å². The second-order valence-electron chi connectivity index (χ2n) is 5.36. The first-order valence-corrected chi connectivity index (χ1v) is 7.44. The number of aromatic nitrogens is 3. The lowest BCUT2D eigenvalue weighted by Gasteiger charge is -2.34. The second-order valence-corrected chi connectivity index (χ2v) is 5.36. The molecule has 3 rings (SSSR count). The summed E-state index contributed by atoms with van der Waals surface area (Å²) in [5.74, 6) is 0.455. The molecule has 1 N–H and O–H groups in total. The number of aliphatic hydroxyl groups is 1. The maximum absolute atomic E-state index is 12.5. The molecule has 1 aliphatic heterocycles. The van der Waals surface area contributed by atoms with Crippen molar-refractivity contribution >= 4 is 5.91 Å². The number of hydrogen-bond acceptors (Lipinski definition) is 5. The van der Waals surface area contributed by atoms with Crippen LogP contribution in [0.1, 0.15) is 29.6 Å². The van der Waals surface area contributed by atoms with Crippen LogP contribution in [0.15, 0.2) is 36.9 Å². The normalized spacial score (nSPS) is 18.2. The number of hydrogen-bond donors (Lipinski definition) is 1. The fourth-order valence-electron chi connectivity index (χ4n) is 2.71. The van der Waals surface area contributed by atoms with Gasteiger partial charge in [0.1, 0.15) is 0 Å². The number of aliphatic hydroxyl groups excluding tert-OH is 1. The summed E-state index contributed by atoms with van der Waals surface area (Å²) in [7, 11) is 0. The van der Waals surface area contributed by atoms with Gasteiger partial charge in [-0.1, -0.05) is 0 Å². The van der Waals surface area contributed by atoms with Gasteiger partial charge in [0, 0.05) is 36.9 Å². The summed E-state index contributed by atoms with van der Waals surface area (Å²) in [5, 5.41) is 9.42. The van der Waals surface area contributed by atoms with Crippen molar-refractivity contribution in [2.45, 2.75) is 25.3 Å². The van der Waals surface area contributed by atoms with Gasteiger partial charge in [-0.3, -0.25) is 9.78 Å². The molecular weight excluding hydrogens is 280 g/mol. The molecule has 1 saturated heterocycles. The highest BCUT2D eigenvalue weighted by Crippen LogP contribution is 2.19. The van der Waals surface area contributed by atoms with E-state index in [2.05, 4.69) is 15.0 Å². The Kier molecular flexibility index (Phi) is 4.39. The topological polar surface area (TPSA) is 79.2 Å². The smallest absolute Gasteiger partial charge is 0.257 e. The third-order valence-corrected chi connectivity index (χ3v) is 3.94. The van der Waals surface area contributed by atoms with E-state index in [1.165, 1.54) is 0 Å². The highest BCUT2D eigenvalue weighted by atomic mass is 16.3. The zero-order valence-corrected chi connectivity index (χ0v) is 12.2. The second kappa shape index (κ2) is 6.62. The molecule has 1 aliphatic rings. The molecule has 1 unspecified atom stereocenters. The Hall–Kier alpha value is -2.34. The molecule has 1 fully saturated rings. The lowest BCUT2D eigenvalue weighted by molar-refractivity contribution is 0.0502. The van der Waals surface area contributed by atoms with E-state index in [1.54, 1.807) is 29.7 Å². The lowest BCUT2D eigenvalue weighted by Crippen LogP contribution is -2.45. The van der Waals surface area contributed by atoms with Gasteiger partial charge < -0.3 is 10.0 Å². The summed E-state index contributed by atoms with van der Waals surface area (Å²) in [6, 6.07) is 3.55. The Morgan fingerprint density at radius 2 is 1.95 bits per heavy atom. The van der Waals surface area contributed by atoms with E-state index in [4.69, 9.17) is 0 Å². The standard InChI is InChI=1S/C16H18N4O2/c21-11-14-3-1-2-8-20(14)16(22)13-9-18-15(19-10-13)12-4-6-17-7-5-12/h4-7,9-10,14,21H,1-3,8,11H2. The van der Waals surface area contributed by atoms with Crippen molar-refractivity contribution in [3.05, 3.63) is 42.5 Å². The maximum atomic E-state index is 12.5. The molecule has 3 heterocycles. The Balaban J connectivity index is 1.79. The number of piperidine rings is 1. The molecule has 0 aromatic carbocycles. The van der Waals surface area contributed by atoms with Crippen molar-refractivity contribution < 1.29 is 9.90 Å². The molecule has 22 heavy (non-hydrogen) atoms. The molecule has 1 atom stereocenters. The SMILES string of the molecule is O=C(c1cnc(-c2ccncc2)nc1)N1CCCCC1CO. The van der Waals surface area contributed by atoms with Crippen molar-refractivity contribution in [2.24, 2.45) is 0 Å². The van der Waals surface area contributed by atoms with Crippen molar-refractivity contribution in [1.29, 1.82) is 0 Å². The molecule has 0 bridgehead atoms. The van der Waals surface area contributed by atoms with Gasteiger partial charge in [-0.2, -0.15) is 0 Å². The van der Waals surface area contributed by atoms with E-state index >= 15 is 0 Å². The minimum atomic E-state index is -0.111. The van der Waals surface area contributed by atoms with Crippen LogP contribution in [0.2, 0.25) is 0 Å². The molecule has 0 aliphatic carbocycles. The molecule has 1 amide bonds. The zero-order valence-electron chi connectivity index (χ0n) is 12.2. The molecule has 114 valence electrons. The van der Waals surface area contributed by atoms with Gasteiger partial charge in [0.25, 0.3) is 5.91 Å². The number of carbonyl (C=O) groups is 1. The Labute approximate surface area is 128 Å². The highest BCUT2D eigenvalue weighted by Gasteiger charge is 2.27. The first-order valence-electron chi connectivity index (χ1n) is 7.44. The molecule has 0 spiro atoms. The van der Waals surface area contributed by atoms with Gasteiger partial charge in [-0.05, 0) is 31.4 Å². The number of rotatable bonds is 3. The molecule has 0 radical (unpaired) electrons. The van der Waals surface area contributed by atoms with E-state index in [0.717, 1.165) is 24.8 Å². The average molecular weight is 298 g/mol. The van der Waals surface area contributed by atoms with Crippen LogP contribution in [0.5, 0.6) is 0 Å². The molecule has 6 heteroatoms. The minimum Gasteiger partial charge on any atom is -0.394 e. The number of pyridine rings is 1. The van der Waals surface area contributed by atoms with E-state index in [9.17, 15) is 9.90 Å². The quantitative estimate of drug-likeness (QED) is 0.929. The summed E-state index contributed by atoms with van der Waals surface area (Å²) >= 11 is 0. The Morgan fingerprint density at radius 3 is 2.64 bits per heavy atom. The lowest BCUT2D eigenvalue weighted by atomic mass is 10.0. The van der Waals surface area contributed by atoms with E-state index in [1.807, 2.05) is 12.1 Å². The van der Waals surface area contributed by atoms with Crippen molar-refractivity contribution in [2.75, 3.05) is 13.2 Å². The number of likely N-dealkylation sites (tertiary alicyclic amines) is 1. The van der Waals surface area contributed by atoms with Crippen LogP contribution >= 0.6 is 0 Å². The summed E-state index contributed by atoms with van der Waals surface area (Å²) in [6.45, 7) is 0.678. The summed E-state index contributed by atoms with van der Waals surface area (Å²) < 4.78 is 0. The van der Waals surface area contributed by atoms with Crippen molar-refractivity contribution in [1.82, 2.24) is 19.9 Å². The predicted molar refractivity (Wildman–Crippen MR) is 81.0 cm³/mol. The van der Waals surface area contributed by atoms with Crippen molar-refractivity contribution in [3.63, 3.8) is 0 Å². The highest BCUT2D eigenvalue weighted by molar-refractivity contribution is 5.94. The van der Waals surface area contributed by atoms with Crippen LogP contribution in [0.4, 0.5) is 0 Å². The summed E-state index contributed by atoms with van der Waals surface area (Å²) in [5.41, 5.74) is 1.32. The van der Waals surface area contributed by atoms with Crippen LogP contribution in [0.3, 0.4) is 0 Å². The van der Waals surface area contributed by atoms with E-state index in [0.29, 0.717) is 17.9 Å². The van der Waals surface area contributed by atoms with Gasteiger partial charge >= 0.3 is 0 Å². The Bertz CT molecular complexity index is 630. The largest absolute Gasteiger partial charge is 0.394 e. The van der Waals surface area contributed by atoms with Gasteiger partial charge in [-0.15, -0.1) is 0 Å². The molecular formula is C16H18N4O2. The fraction of sp³-hybridized carbons (Fsp3) is 0.375. The van der Waals surface area contributed by atoms with Gasteiger partial charge in [-0.25, -0.2) is 9.97 Å². The monoisotopic (exact) mass is 298 g/mol. The number of nitrogens with zero attached hydrogens (tertiary/aromatic N) is 4. The van der Waals surface area contributed by atoms with Crippen LogP contribution < -0.4 is 0 Å². The zero-order chi connectivity index (χ0) is 15.4. The van der Waals surface area contributed by atoms with Crippen molar-refractivity contribution in [3.8, 4) is 11.4 Å². The molecule has 2 aromatic rings. The Morgan fingerprint density at radius 1 is 1.23 bits per heavy atom. The minimum absolute atomic E-state index is 0.00168. The summed E-state index contributed by atoms with van der Waals surface area (Å²) in [4.78, 5) is 26.8. The average Bonchev–Trinajstić information content (AvgIpc) is 2.62. The van der Waals surface area contributed by atoms with Crippen LogP contribution in [-0.4, -0.2) is 50.1 Å². The van der Waals surface area contributed by atoms with Crippen LogP contribution in [0, 0.1) is 0 Å². The first-order chi connectivity index (χ1) is 10.8. The number of amides is 1. The van der Waals surface area contributed by atoms with Gasteiger partial charge in [0.05, 0.1) is 18.2 Å². The third-order valence-electron chi connectivity index (χ3n) is 3.94. The van der Waals surface area contributed by atoms with Gasteiger partial charge in [0.2, 0.25) is 0 Å². The maximum Gasteiger partial charge on any atom is 0.257 e. The summed E-state index contributed by atoms with van der Waals surface area (Å²) in [6.07, 6.45) is 9.32. The predicted octanol–water partition coefficient (Wildman–Crippen LogP) is 1.53. The van der Waals surface area contributed by atoms with Crippen LogP contribution in [-0.2, 0) is 0 Å². The van der Waals surface area contributed by atoms with E-state index in [-0.39, 0.29) is 18.6 Å². The molecule has 0 saturated carbocycles. The fourth-order valence-corrected chi connectivity index (χ4v) is 2.71. The third kappa shape index (κ3) is 2.96. The first kappa shape index (κ1) is 14.6. The molecule has 2 aromatic heterocycles. The number of carbonyl (C=O) groups excluding carboxylic acids is 1.